The zero-order chi connectivity index (χ0) is 56.4. The zero-order valence-electron chi connectivity index (χ0n) is 52.7. The van der Waals surface area contributed by atoms with Gasteiger partial charge in [0, 0.05) is 19.3 Å². The van der Waals surface area contributed by atoms with Crippen LogP contribution < -0.4 is 0 Å². The van der Waals surface area contributed by atoms with E-state index >= 15 is 0 Å². The van der Waals surface area contributed by atoms with Gasteiger partial charge in [0.05, 0.1) is 0 Å². The Hall–Kier alpha value is -2.37. The maximum Gasteiger partial charge on any atom is 0.306 e. The third-order valence-corrected chi connectivity index (χ3v) is 15.8. The molecule has 0 aromatic rings. The number of rotatable bonds is 65. The smallest absolute Gasteiger partial charge is 0.306 e. The third kappa shape index (κ3) is 64.5. The first-order valence-corrected chi connectivity index (χ1v) is 35.0. The van der Waals surface area contributed by atoms with Gasteiger partial charge in [0.1, 0.15) is 13.2 Å². The molecule has 0 fully saturated rings. The number of allylic oxidation sites excluding steroid dienone is 6. The lowest BCUT2D eigenvalue weighted by Gasteiger charge is -2.18. The quantitative estimate of drug-likeness (QED) is 0.0261. The number of hydrogen-bond donors (Lipinski definition) is 0. The Morgan fingerprint density at radius 1 is 0.244 bits per heavy atom. The van der Waals surface area contributed by atoms with Crippen LogP contribution in [0.15, 0.2) is 36.5 Å². The summed E-state index contributed by atoms with van der Waals surface area (Å²) in [7, 11) is 0. The highest BCUT2D eigenvalue weighted by Crippen LogP contribution is 2.18. The van der Waals surface area contributed by atoms with E-state index < -0.39 is 6.10 Å². The molecule has 0 saturated heterocycles. The molecule has 0 aromatic carbocycles. The van der Waals surface area contributed by atoms with Gasteiger partial charge in [0.25, 0.3) is 0 Å². The molecule has 0 N–H and O–H groups in total. The number of carbonyl (C=O) groups excluding carboxylic acids is 3. The average Bonchev–Trinajstić information content (AvgIpc) is 3.44. The van der Waals surface area contributed by atoms with Crippen LogP contribution in [0.1, 0.15) is 387 Å². The minimum Gasteiger partial charge on any atom is -0.462 e. The maximum absolute atomic E-state index is 12.9. The Morgan fingerprint density at radius 3 is 0.679 bits per heavy atom. The van der Waals surface area contributed by atoms with E-state index in [-0.39, 0.29) is 31.1 Å². The van der Waals surface area contributed by atoms with Crippen molar-refractivity contribution in [3.05, 3.63) is 36.5 Å². The van der Waals surface area contributed by atoms with E-state index in [1.807, 2.05) is 0 Å². The molecule has 0 spiro atoms. The SMILES string of the molecule is CCCCC/C=C\CCCCCCCC(=O)OCC(COC(=O)CCCCCCCCCCCCCCCCCCCCCCCCC/C=C\CCCCCCCCCC)OC(=O)CCCCCCC/C=C\CCCCCC. The van der Waals surface area contributed by atoms with Crippen LogP contribution in [0.5, 0.6) is 0 Å². The first-order chi connectivity index (χ1) is 38.5. The molecule has 0 aliphatic carbocycles. The molecule has 1 unspecified atom stereocenters. The Labute approximate surface area is 486 Å². The van der Waals surface area contributed by atoms with Gasteiger partial charge in [0.2, 0.25) is 0 Å². The largest absolute Gasteiger partial charge is 0.462 e. The van der Waals surface area contributed by atoms with Crippen molar-refractivity contribution in [2.45, 2.75) is 393 Å². The molecule has 0 aliphatic rings. The van der Waals surface area contributed by atoms with Crippen molar-refractivity contribution in [1.82, 2.24) is 0 Å². The molecular formula is C72H134O6. The first kappa shape index (κ1) is 75.6. The number of carbonyl (C=O) groups is 3. The normalized spacial score (nSPS) is 12.2. The topological polar surface area (TPSA) is 78.9 Å². The monoisotopic (exact) mass is 1100 g/mol. The van der Waals surface area contributed by atoms with Gasteiger partial charge in [-0.2, -0.15) is 0 Å². The predicted octanol–water partition coefficient (Wildman–Crippen LogP) is 23.9. The van der Waals surface area contributed by atoms with E-state index in [0.717, 1.165) is 70.6 Å². The maximum atomic E-state index is 12.9. The summed E-state index contributed by atoms with van der Waals surface area (Å²) in [4.78, 5) is 38.2. The second-order valence-corrected chi connectivity index (χ2v) is 23.8. The molecule has 6 heteroatoms. The number of hydrogen-bond acceptors (Lipinski definition) is 6. The molecule has 0 amide bonds. The number of unbranched alkanes of at least 4 members (excludes halogenated alkanes) is 48. The average molecular weight is 1100 g/mol. The molecule has 0 aliphatic heterocycles. The van der Waals surface area contributed by atoms with Crippen LogP contribution in [0.25, 0.3) is 0 Å². The third-order valence-electron chi connectivity index (χ3n) is 15.8. The van der Waals surface area contributed by atoms with Gasteiger partial charge in [-0.15, -0.1) is 0 Å². The second-order valence-electron chi connectivity index (χ2n) is 23.8. The van der Waals surface area contributed by atoms with Crippen LogP contribution >= 0.6 is 0 Å². The van der Waals surface area contributed by atoms with Gasteiger partial charge in [-0.25, -0.2) is 0 Å². The fraction of sp³-hybridized carbons (Fsp3) is 0.875. The Morgan fingerprint density at radius 2 is 0.423 bits per heavy atom. The predicted molar refractivity (Wildman–Crippen MR) is 339 cm³/mol. The summed E-state index contributed by atoms with van der Waals surface area (Å²) >= 11 is 0. The van der Waals surface area contributed by atoms with Crippen molar-refractivity contribution in [2.24, 2.45) is 0 Å². The molecule has 78 heavy (non-hydrogen) atoms. The van der Waals surface area contributed by atoms with Crippen molar-refractivity contribution in [3.8, 4) is 0 Å². The number of ether oxygens (including phenoxy) is 3. The lowest BCUT2D eigenvalue weighted by Crippen LogP contribution is -2.30. The lowest BCUT2D eigenvalue weighted by molar-refractivity contribution is -0.167. The van der Waals surface area contributed by atoms with Gasteiger partial charge < -0.3 is 14.2 Å². The molecular weight excluding hydrogens is 961 g/mol. The Kier molecular flexibility index (Phi) is 65.1. The Bertz CT molecular complexity index is 1300. The zero-order valence-corrected chi connectivity index (χ0v) is 52.7. The van der Waals surface area contributed by atoms with Crippen LogP contribution in [0.4, 0.5) is 0 Å². The van der Waals surface area contributed by atoms with Crippen molar-refractivity contribution < 1.29 is 28.6 Å². The summed E-state index contributed by atoms with van der Waals surface area (Å²) in [5.74, 6) is -0.871. The molecule has 0 bridgehead atoms. The van der Waals surface area contributed by atoms with Gasteiger partial charge in [0.15, 0.2) is 6.10 Å². The van der Waals surface area contributed by atoms with Gasteiger partial charge in [-0.05, 0) is 96.3 Å². The van der Waals surface area contributed by atoms with Crippen LogP contribution in [0, 0.1) is 0 Å². The fourth-order valence-electron chi connectivity index (χ4n) is 10.5. The van der Waals surface area contributed by atoms with Crippen LogP contribution in [-0.4, -0.2) is 37.2 Å². The van der Waals surface area contributed by atoms with Gasteiger partial charge >= 0.3 is 17.9 Å². The van der Waals surface area contributed by atoms with E-state index in [1.54, 1.807) is 0 Å². The number of esters is 3. The second kappa shape index (κ2) is 67.1. The molecule has 0 heterocycles. The summed E-state index contributed by atoms with van der Waals surface area (Å²) < 4.78 is 16.9. The van der Waals surface area contributed by atoms with Crippen molar-refractivity contribution in [2.75, 3.05) is 13.2 Å². The standard InChI is InChI=1S/C72H134O6/c1-4-7-10-13-16-19-22-25-26-27-28-29-30-31-32-33-34-35-36-37-38-39-40-41-42-43-44-45-46-48-50-53-56-59-62-65-71(74)77-68-69(67-76-70(73)64-61-58-55-52-49-24-21-18-15-12-9-6-3)78-72(75)66-63-60-57-54-51-47-23-20-17-14-11-8-5-2/h18,20-21,23,27-28,69H,4-17,19,22,24-26,29-68H2,1-3H3/b21-18-,23-20-,28-27-. The van der Waals surface area contributed by atoms with Gasteiger partial charge in [-0.3, -0.25) is 14.4 Å². The minimum absolute atomic E-state index is 0.0739. The molecule has 0 saturated carbocycles. The van der Waals surface area contributed by atoms with E-state index in [0.29, 0.717) is 19.3 Å². The lowest BCUT2D eigenvalue weighted by atomic mass is 10.0. The van der Waals surface area contributed by atoms with Crippen LogP contribution in [-0.2, 0) is 28.6 Å². The van der Waals surface area contributed by atoms with E-state index in [1.165, 1.54) is 276 Å². The molecule has 0 rings (SSSR count). The first-order valence-electron chi connectivity index (χ1n) is 35.0. The van der Waals surface area contributed by atoms with E-state index in [2.05, 4.69) is 57.2 Å². The molecule has 0 radical (unpaired) electrons. The van der Waals surface area contributed by atoms with Crippen molar-refractivity contribution in [1.29, 1.82) is 0 Å². The summed E-state index contributed by atoms with van der Waals surface area (Å²) in [5.41, 5.74) is 0. The molecule has 458 valence electrons. The highest BCUT2D eigenvalue weighted by Gasteiger charge is 2.19. The summed E-state index contributed by atoms with van der Waals surface area (Å²) in [5, 5.41) is 0. The highest BCUT2D eigenvalue weighted by atomic mass is 16.6. The summed E-state index contributed by atoms with van der Waals surface area (Å²) in [6.45, 7) is 6.64. The molecule has 1 atom stereocenters. The minimum atomic E-state index is -0.777. The molecule has 6 nitrogen and oxygen atoms in total. The van der Waals surface area contributed by atoms with Crippen LogP contribution in [0.3, 0.4) is 0 Å². The van der Waals surface area contributed by atoms with Crippen molar-refractivity contribution in [3.63, 3.8) is 0 Å². The van der Waals surface area contributed by atoms with Gasteiger partial charge in [-0.1, -0.05) is 308 Å². The van der Waals surface area contributed by atoms with E-state index in [9.17, 15) is 14.4 Å². The van der Waals surface area contributed by atoms with Crippen LogP contribution in [0.2, 0.25) is 0 Å². The van der Waals surface area contributed by atoms with E-state index in [4.69, 9.17) is 14.2 Å². The Balaban J connectivity index is 4.00. The summed E-state index contributed by atoms with van der Waals surface area (Å²) in [6.07, 6.45) is 83.5. The summed E-state index contributed by atoms with van der Waals surface area (Å²) in [6, 6.07) is 0. The highest BCUT2D eigenvalue weighted by molar-refractivity contribution is 5.71. The van der Waals surface area contributed by atoms with Crippen molar-refractivity contribution >= 4 is 17.9 Å². The fourth-order valence-corrected chi connectivity index (χ4v) is 10.5. The molecule has 0 aromatic heterocycles.